The van der Waals surface area contributed by atoms with E-state index >= 15 is 0 Å². The first-order valence-corrected chi connectivity index (χ1v) is 7.72. The van der Waals surface area contributed by atoms with Gasteiger partial charge in [0.25, 0.3) is 0 Å². The lowest BCUT2D eigenvalue weighted by molar-refractivity contribution is 0.272. The highest BCUT2D eigenvalue weighted by molar-refractivity contribution is 5.30. The Morgan fingerprint density at radius 2 is 1.74 bits per heavy atom. The lowest BCUT2D eigenvalue weighted by Crippen LogP contribution is -2.15. The molecule has 0 radical (unpaired) electrons. The van der Waals surface area contributed by atoms with Gasteiger partial charge >= 0.3 is 0 Å². The minimum atomic E-state index is 0.604. The number of fused-ring (bicyclic) bond motifs is 1. The molecule has 4 rings (SSSR count). The van der Waals surface area contributed by atoms with Gasteiger partial charge in [0.2, 0.25) is 0 Å². The van der Waals surface area contributed by atoms with Gasteiger partial charge in [0.15, 0.2) is 0 Å². The highest BCUT2D eigenvalue weighted by Gasteiger charge is 2.19. The van der Waals surface area contributed by atoms with Gasteiger partial charge in [0, 0.05) is 32.0 Å². The van der Waals surface area contributed by atoms with Crippen LogP contribution in [0.5, 0.6) is 0 Å². The summed E-state index contributed by atoms with van der Waals surface area (Å²) in [6, 6.07) is 8.59. The zero-order valence-corrected chi connectivity index (χ0v) is 13.1. The van der Waals surface area contributed by atoms with Crippen LogP contribution in [0.15, 0.2) is 42.9 Å². The molecule has 6 nitrogen and oxygen atoms in total. The van der Waals surface area contributed by atoms with Crippen LogP contribution < -0.4 is 0 Å². The van der Waals surface area contributed by atoms with Crippen molar-refractivity contribution in [2.45, 2.75) is 33.1 Å². The van der Waals surface area contributed by atoms with Gasteiger partial charge in [-0.3, -0.25) is 14.9 Å². The van der Waals surface area contributed by atoms with Crippen LogP contribution >= 0.6 is 0 Å². The van der Waals surface area contributed by atoms with Gasteiger partial charge in [-0.15, -0.1) is 5.10 Å². The molecule has 23 heavy (non-hydrogen) atoms. The maximum absolute atomic E-state index is 4.35. The van der Waals surface area contributed by atoms with Gasteiger partial charge in [0.1, 0.15) is 0 Å². The number of aromatic nitrogens is 5. The molecule has 1 aliphatic heterocycles. The molecule has 0 amide bonds. The number of hydrogen-bond acceptors (Lipinski definition) is 5. The summed E-state index contributed by atoms with van der Waals surface area (Å²) in [5, 5.41) is 8.51. The van der Waals surface area contributed by atoms with E-state index in [1.165, 1.54) is 11.1 Å². The summed E-state index contributed by atoms with van der Waals surface area (Å²) in [4.78, 5) is 11.0. The van der Waals surface area contributed by atoms with Gasteiger partial charge < -0.3 is 0 Å². The lowest BCUT2D eigenvalue weighted by Gasteiger charge is -2.11. The number of rotatable bonds is 4. The number of benzene rings is 1. The second kappa shape index (κ2) is 5.89. The fraction of sp³-hybridized carbons (Fsp3) is 0.294. The second-order valence-corrected chi connectivity index (χ2v) is 5.91. The summed E-state index contributed by atoms with van der Waals surface area (Å²) in [5.74, 6) is 0. The smallest absolute Gasteiger partial charge is 0.0967 e. The molecule has 1 aliphatic rings. The van der Waals surface area contributed by atoms with Crippen molar-refractivity contribution in [2.75, 3.05) is 0 Å². The molecule has 0 fully saturated rings. The number of nitrogens with zero attached hydrogens (tertiary/aromatic N) is 6. The molecule has 0 bridgehead atoms. The van der Waals surface area contributed by atoms with Gasteiger partial charge in [-0.25, -0.2) is 4.68 Å². The Bertz CT molecular complexity index is 800. The van der Waals surface area contributed by atoms with Gasteiger partial charge in [-0.05, 0) is 18.1 Å². The van der Waals surface area contributed by atoms with Gasteiger partial charge in [-0.1, -0.05) is 29.5 Å². The zero-order chi connectivity index (χ0) is 15.6. The highest BCUT2D eigenvalue weighted by Crippen LogP contribution is 2.23. The fourth-order valence-corrected chi connectivity index (χ4v) is 2.98. The van der Waals surface area contributed by atoms with Crippen molar-refractivity contribution in [3.8, 4) is 0 Å². The molecule has 0 unspecified atom stereocenters. The van der Waals surface area contributed by atoms with Gasteiger partial charge in [-0.2, -0.15) is 0 Å². The van der Waals surface area contributed by atoms with E-state index in [-0.39, 0.29) is 0 Å². The van der Waals surface area contributed by atoms with E-state index in [4.69, 9.17) is 0 Å². The first-order valence-electron chi connectivity index (χ1n) is 7.72. The molecule has 0 atom stereocenters. The first kappa shape index (κ1) is 14.0. The Kier molecular flexibility index (Phi) is 3.59. The third kappa shape index (κ3) is 2.98. The molecule has 6 heteroatoms. The molecule has 116 valence electrons. The van der Waals surface area contributed by atoms with E-state index in [2.05, 4.69) is 49.4 Å². The van der Waals surface area contributed by atoms with Crippen LogP contribution in [0.2, 0.25) is 0 Å². The molecule has 3 aromatic rings. The van der Waals surface area contributed by atoms with Crippen molar-refractivity contribution in [1.29, 1.82) is 0 Å². The SMILES string of the molecule is Cc1nccnc1Cn1cc(CN2Cc3ccccc3C2)nn1. The Labute approximate surface area is 134 Å². The number of aryl methyl sites for hydroxylation is 1. The topological polar surface area (TPSA) is 59.7 Å². The maximum atomic E-state index is 4.35. The van der Waals surface area contributed by atoms with E-state index in [1.54, 1.807) is 12.4 Å². The van der Waals surface area contributed by atoms with Crippen molar-refractivity contribution >= 4 is 0 Å². The number of hydrogen-bond donors (Lipinski definition) is 0. The summed E-state index contributed by atoms with van der Waals surface area (Å²) in [6.45, 7) is 5.33. The third-order valence-corrected chi connectivity index (χ3v) is 4.17. The molecular weight excluding hydrogens is 288 g/mol. The molecular formula is C17H18N6. The summed E-state index contributed by atoms with van der Waals surface area (Å²) < 4.78 is 1.83. The summed E-state index contributed by atoms with van der Waals surface area (Å²) >= 11 is 0. The largest absolute Gasteiger partial charge is 0.289 e. The molecule has 2 aromatic heterocycles. The predicted molar refractivity (Wildman–Crippen MR) is 85.3 cm³/mol. The second-order valence-electron chi connectivity index (χ2n) is 5.91. The van der Waals surface area contributed by atoms with E-state index in [1.807, 2.05) is 17.8 Å². The van der Waals surface area contributed by atoms with Crippen molar-refractivity contribution in [3.05, 3.63) is 71.1 Å². The van der Waals surface area contributed by atoms with Crippen LogP contribution in [0, 0.1) is 6.92 Å². The monoisotopic (exact) mass is 306 g/mol. The average molecular weight is 306 g/mol. The van der Waals surface area contributed by atoms with E-state index in [0.717, 1.165) is 36.7 Å². The third-order valence-electron chi connectivity index (χ3n) is 4.17. The first-order chi connectivity index (χ1) is 11.3. The standard InChI is InChI=1S/C17H18N6/c1-13-17(19-7-6-18-13)12-23-11-16(20-21-23)10-22-8-14-4-2-3-5-15(14)9-22/h2-7,11H,8-10,12H2,1H3. The van der Waals surface area contributed by atoms with Crippen molar-refractivity contribution < 1.29 is 0 Å². The van der Waals surface area contributed by atoms with Crippen LogP contribution in [-0.2, 0) is 26.2 Å². The summed E-state index contributed by atoms with van der Waals surface area (Å²) in [7, 11) is 0. The van der Waals surface area contributed by atoms with Crippen LogP contribution in [0.1, 0.15) is 28.2 Å². The maximum Gasteiger partial charge on any atom is 0.0967 e. The molecule has 0 saturated carbocycles. The lowest BCUT2D eigenvalue weighted by atomic mass is 10.1. The average Bonchev–Trinajstić information content (AvgIpc) is 3.16. The molecule has 0 N–H and O–H groups in total. The van der Waals surface area contributed by atoms with Crippen LogP contribution in [0.25, 0.3) is 0 Å². The van der Waals surface area contributed by atoms with Gasteiger partial charge in [0.05, 0.1) is 29.8 Å². The van der Waals surface area contributed by atoms with Crippen molar-refractivity contribution in [3.63, 3.8) is 0 Å². The Morgan fingerprint density at radius 3 is 2.48 bits per heavy atom. The fourth-order valence-electron chi connectivity index (χ4n) is 2.98. The summed E-state index contributed by atoms with van der Waals surface area (Å²) in [6.07, 6.45) is 5.41. The van der Waals surface area contributed by atoms with Crippen LogP contribution in [0.3, 0.4) is 0 Å². The molecule has 3 heterocycles. The quantitative estimate of drug-likeness (QED) is 0.737. The Balaban J connectivity index is 1.42. The molecule has 1 aromatic carbocycles. The molecule has 0 spiro atoms. The van der Waals surface area contributed by atoms with E-state index < -0.39 is 0 Å². The van der Waals surface area contributed by atoms with Crippen LogP contribution in [0.4, 0.5) is 0 Å². The zero-order valence-electron chi connectivity index (χ0n) is 13.1. The van der Waals surface area contributed by atoms with E-state index in [0.29, 0.717) is 6.54 Å². The van der Waals surface area contributed by atoms with Crippen molar-refractivity contribution in [1.82, 2.24) is 29.9 Å². The normalized spacial score (nSPS) is 14.1. The minimum Gasteiger partial charge on any atom is -0.289 e. The van der Waals surface area contributed by atoms with Crippen molar-refractivity contribution in [2.24, 2.45) is 0 Å². The van der Waals surface area contributed by atoms with Crippen LogP contribution in [-0.4, -0.2) is 29.9 Å². The van der Waals surface area contributed by atoms with E-state index in [9.17, 15) is 0 Å². The molecule has 0 saturated heterocycles. The molecule has 0 aliphatic carbocycles. The summed E-state index contributed by atoms with van der Waals surface area (Å²) in [5.41, 5.74) is 5.67. The minimum absolute atomic E-state index is 0.604. The predicted octanol–water partition coefficient (Wildman–Crippen LogP) is 1.94. The Hall–Kier alpha value is -2.60. The highest BCUT2D eigenvalue weighted by atomic mass is 15.4. The Morgan fingerprint density at radius 1 is 1.00 bits per heavy atom.